The largest absolute Gasteiger partial charge is 0.415 e. The number of ether oxygens (including phenoxy) is 1. The summed E-state index contributed by atoms with van der Waals surface area (Å²) in [6.45, 7) is 4.34. The second kappa shape index (κ2) is 10.8. The molecule has 0 bridgehead atoms. The van der Waals surface area contributed by atoms with Crippen molar-refractivity contribution in [3.63, 3.8) is 0 Å². The Bertz CT molecular complexity index is 1020. The number of halogens is 1. The topological polar surface area (TPSA) is 66.9 Å². The molecule has 3 aliphatic carbocycles. The van der Waals surface area contributed by atoms with Crippen molar-refractivity contribution in [1.29, 1.82) is 0 Å². The summed E-state index contributed by atoms with van der Waals surface area (Å²) in [4.78, 5) is 40.1. The summed E-state index contributed by atoms with van der Waals surface area (Å²) >= 11 is 0. The number of carbonyl (C=O) groups excluding carboxylic acids is 3. The molecule has 7 heteroatoms. The molecule has 1 aliphatic heterocycles. The summed E-state index contributed by atoms with van der Waals surface area (Å²) in [5, 5.41) is 0. The van der Waals surface area contributed by atoms with E-state index in [4.69, 9.17) is 4.74 Å². The number of hydrogen-bond acceptors (Lipinski definition) is 5. The molecule has 5 rings (SSSR count). The van der Waals surface area contributed by atoms with Crippen molar-refractivity contribution in [2.24, 2.45) is 17.3 Å². The highest BCUT2D eigenvalue weighted by Gasteiger charge is 2.58. The lowest BCUT2D eigenvalue weighted by molar-refractivity contribution is -0.132. The van der Waals surface area contributed by atoms with E-state index in [-0.39, 0.29) is 17.8 Å². The van der Waals surface area contributed by atoms with Gasteiger partial charge in [-0.15, -0.1) is 0 Å². The lowest BCUT2D eigenvalue weighted by Crippen LogP contribution is -2.46. The van der Waals surface area contributed by atoms with E-state index in [1.165, 1.54) is 11.1 Å². The van der Waals surface area contributed by atoms with Gasteiger partial charge in [-0.3, -0.25) is 4.79 Å². The maximum absolute atomic E-state index is 14.4. The molecule has 1 saturated heterocycles. The summed E-state index contributed by atoms with van der Waals surface area (Å²) in [6, 6.07) is 6.49. The van der Waals surface area contributed by atoms with Crippen LogP contribution in [0.4, 0.5) is 9.18 Å². The third-order valence-corrected chi connectivity index (χ3v) is 10.0. The van der Waals surface area contributed by atoms with Gasteiger partial charge in [0.05, 0.1) is 0 Å². The number of unbranched alkanes of at least 4 members (excludes halogenated alkanes) is 2. The first-order chi connectivity index (χ1) is 17.8. The second-order valence-electron chi connectivity index (χ2n) is 12.0. The van der Waals surface area contributed by atoms with Gasteiger partial charge in [0.1, 0.15) is 12.0 Å². The average Bonchev–Trinajstić information content (AvgIpc) is 3.14. The number of rotatable bonds is 7. The Labute approximate surface area is 219 Å². The SMILES string of the molecule is CN(CCCCC=O)C1CCN(C(=O)Oc2ccc3c(c2)CCC2C3CCC3(C)C(=O)C(F)CC23)CC1. The number of Topliss-reactive ketones (excluding diaryl/α,β-unsaturated/α-hetero) is 1. The van der Waals surface area contributed by atoms with Gasteiger partial charge in [-0.05, 0) is 112 Å². The molecule has 3 fully saturated rings. The molecular formula is C30H41FN2O4. The lowest BCUT2D eigenvalue weighted by atomic mass is 9.55. The van der Waals surface area contributed by atoms with E-state index < -0.39 is 11.6 Å². The van der Waals surface area contributed by atoms with Crippen LogP contribution in [0.3, 0.4) is 0 Å². The van der Waals surface area contributed by atoms with Gasteiger partial charge >= 0.3 is 6.09 Å². The number of aryl methyl sites for hydroxylation is 1. The molecule has 1 heterocycles. The van der Waals surface area contributed by atoms with Crippen LogP contribution in [0.5, 0.6) is 5.75 Å². The zero-order valence-corrected chi connectivity index (χ0v) is 22.3. The number of fused-ring (bicyclic) bond motifs is 5. The molecule has 2 saturated carbocycles. The van der Waals surface area contributed by atoms with Crippen molar-refractivity contribution in [3.8, 4) is 5.75 Å². The fraction of sp³-hybridized carbons (Fsp3) is 0.700. The number of piperidine rings is 1. The number of alkyl halides is 1. The van der Waals surface area contributed by atoms with Crippen molar-refractivity contribution >= 4 is 18.2 Å². The Morgan fingerprint density at radius 1 is 1.22 bits per heavy atom. The van der Waals surface area contributed by atoms with E-state index in [1.807, 2.05) is 19.1 Å². The van der Waals surface area contributed by atoms with Crippen LogP contribution in [-0.4, -0.2) is 66.9 Å². The standard InChI is InChI=1S/C30H41FN2O4/c1-30-13-10-24-23-9-7-22(18-20(23)6-8-25(24)26(30)19-27(31)28(30)35)37-29(36)33-15-11-21(12-16-33)32(2)14-4-3-5-17-34/h7,9,17-18,21,24-27H,3-6,8,10-16,19H2,1-2H3. The molecule has 6 nitrogen and oxygen atoms in total. The zero-order chi connectivity index (χ0) is 26.2. The molecule has 37 heavy (non-hydrogen) atoms. The predicted molar refractivity (Wildman–Crippen MR) is 140 cm³/mol. The maximum atomic E-state index is 14.4. The van der Waals surface area contributed by atoms with Crippen molar-refractivity contribution in [1.82, 2.24) is 9.80 Å². The summed E-state index contributed by atoms with van der Waals surface area (Å²) in [5.41, 5.74) is 2.03. The number of hydrogen-bond donors (Lipinski definition) is 0. The normalized spacial score (nSPS) is 31.6. The van der Waals surface area contributed by atoms with Crippen LogP contribution in [0.25, 0.3) is 0 Å². The van der Waals surface area contributed by atoms with Crippen molar-refractivity contribution < 1.29 is 23.5 Å². The van der Waals surface area contributed by atoms with Crippen LogP contribution in [-0.2, 0) is 16.0 Å². The third kappa shape index (κ3) is 5.08. The van der Waals surface area contributed by atoms with E-state index in [2.05, 4.69) is 18.0 Å². The lowest BCUT2D eigenvalue weighted by Gasteiger charge is -2.48. The molecule has 0 N–H and O–H groups in total. The molecule has 4 aliphatic rings. The number of benzene rings is 1. The van der Waals surface area contributed by atoms with Gasteiger partial charge in [0.2, 0.25) is 0 Å². The monoisotopic (exact) mass is 512 g/mol. The predicted octanol–water partition coefficient (Wildman–Crippen LogP) is 5.32. The molecule has 5 atom stereocenters. The number of ketones is 1. The Kier molecular flexibility index (Phi) is 7.71. The molecule has 0 aromatic heterocycles. The molecular weight excluding hydrogens is 471 g/mol. The average molecular weight is 513 g/mol. The van der Waals surface area contributed by atoms with E-state index in [9.17, 15) is 18.8 Å². The van der Waals surface area contributed by atoms with E-state index >= 15 is 0 Å². The van der Waals surface area contributed by atoms with E-state index in [1.54, 1.807) is 4.90 Å². The van der Waals surface area contributed by atoms with Gasteiger partial charge < -0.3 is 19.3 Å². The third-order valence-electron chi connectivity index (χ3n) is 10.0. The summed E-state index contributed by atoms with van der Waals surface area (Å²) in [7, 11) is 2.13. The first-order valence-electron chi connectivity index (χ1n) is 14.2. The van der Waals surface area contributed by atoms with Crippen LogP contribution < -0.4 is 4.74 Å². The first-order valence-corrected chi connectivity index (χ1v) is 14.2. The second-order valence-corrected chi connectivity index (χ2v) is 12.0. The van der Waals surface area contributed by atoms with Crippen LogP contribution in [0.1, 0.15) is 81.8 Å². The molecule has 0 radical (unpaired) electrons. The highest BCUT2D eigenvalue weighted by atomic mass is 19.1. The first kappa shape index (κ1) is 26.3. The van der Waals surface area contributed by atoms with Crippen LogP contribution in [0, 0.1) is 17.3 Å². The maximum Gasteiger partial charge on any atom is 0.415 e. The molecule has 202 valence electrons. The van der Waals surface area contributed by atoms with Gasteiger partial charge in [0, 0.05) is 31.0 Å². The summed E-state index contributed by atoms with van der Waals surface area (Å²) < 4.78 is 20.2. The van der Waals surface area contributed by atoms with Crippen molar-refractivity contribution in [2.75, 3.05) is 26.7 Å². The minimum Gasteiger partial charge on any atom is -0.410 e. The minimum absolute atomic E-state index is 0.137. The highest BCUT2D eigenvalue weighted by Crippen LogP contribution is 2.60. The Morgan fingerprint density at radius 2 is 2.00 bits per heavy atom. The van der Waals surface area contributed by atoms with E-state index in [0.29, 0.717) is 49.6 Å². The van der Waals surface area contributed by atoms with Gasteiger partial charge in [0.25, 0.3) is 0 Å². The quantitative estimate of drug-likeness (QED) is 0.365. The number of aldehydes is 1. The Hall–Kier alpha value is -2.28. The van der Waals surface area contributed by atoms with Crippen LogP contribution >= 0.6 is 0 Å². The van der Waals surface area contributed by atoms with Gasteiger partial charge in [-0.2, -0.15) is 0 Å². The zero-order valence-electron chi connectivity index (χ0n) is 22.3. The number of carbonyl (C=O) groups is 3. The fourth-order valence-corrected chi connectivity index (χ4v) is 7.80. The Balaban J connectivity index is 1.16. The molecule has 5 unspecified atom stereocenters. The molecule has 1 aromatic carbocycles. The van der Waals surface area contributed by atoms with Gasteiger partial charge in [0.15, 0.2) is 12.0 Å². The van der Waals surface area contributed by atoms with Gasteiger partial charge in [-0.1, -0.05) is 13.0 Å². The van der Waals surface area contributed by atoms with Crippen molar-refractivity contribution in [2.45, 2.75) is 89.3 Å². The highest BCUT2D eigenvalue weighted by molar-refractivity contribution is 5.91. The minimum atomic E-state index is -1.30. The van der Waals surface area contributed by atoms with Gasteiger partial charge in [-0.25, -0.2) is 9.18 Å². The molecule has 1 aromatic rings. The van der Waals surface area contributed by atoms with Crippen molar-refractivity contribution in [3.05, 3.63) is 29.3 Å². The summed E-state index contributed by atoms with van der Waals surface area (Å²) in [6.07, 6.45) is 7.74. The summed E-state index contributed by atoms with van der Waals surface area (Å²) in [5.74, 6) is 1.28. The van der Waals surface area contributed by atoms with Crippen LogP contribution in [0.15, 0.2) is 18.2 Å². The number of nitrogens with zero attached hydrogens (tertiary/aromatic N) is 2. The van der Waals surface area contributed by atoms with Crippen LogP contribution in [0.2, 0.25) is 0 Å². The molecule has 1 amide bonds. The fourth-order valence-electron chi connectivity index (χ4n) is 7.80. The molecule has 0 spiro atoms. The number of amides is 1. The number of likely N-dealkylation sites (tertiary alicyclic amines) is 1. The Morgan fingerprint density at radius 3 is 2.76 bits per heavy atom. The smallest absolute Gasteiger partial charge is 0.410 e. The van der Waals surface area contributed by atoms with E-state index in [0.717, 1.165) is 64.2 Å².